The van der Waals surface area contributed by atoms with Gasteiger partial charge in [0.1, 0.15) is 0 Å². The smallest absolute Gasteiger partial charge is 0.253 e. The average Bonchev–Trinajstić information content (AvgIpc) is 3.07. The van der Waals surface area contributed by atoms with E-state index in [4.69, 9.17) is 0 Å². The number of anilines is 1. The number of carbonyl (C=O) groups is 2. The molecular weight excluding hydrogens is 364 g/mol. The fourth-order valence-electron chi connectivity index (χ4n) is 2.66. The van der Waals surface area contributed by atoms with E-state index in [1.165, 1.54) is 11.8 Å². The molecule has 3 rings (SSSR count). The Bertz CT molecular complexity index is 986. The van der Waals surface area contributed by atoms with Crippen molar-refractivity contribution in [3.63, 3.8) is 0 Å². The van der Waals surface area contributed by atoms with Crippen molar-refractivity contribution in [3.05, 3.63) is 47.3 Å². The number of nitrogens with zero attached hydrogens (tertiary/aromatic N) is 4. The van der Waals surface area contributed by atoms with Crippen molar-refractivity contribution in [1.82, 2.24) is 24.9 Å². The van der Waals surface area contributed by atoms with Crippen molar-refractivity contribution in [2.24, 2.45) is 0 Å². The Morgan fingerprint density at radius 2 is 1.85 bits per heavy atom. The van der Waals surface area contributed by atoms with E-state index in [0.29, 0.717) is 16.6 Å². The number of thioether (sulfide) groups is 1. The van der Waals surface area contributed by atoms with Crippen LogP contribution in [-0.2, 0) is 16.0 Å². The predicted octanol–water partition coefficient (Wildman–Crippen LogP) is 1.76. The van der Waals surface area contributed by atoms with Crippen LogP contribution >= 0.6 is 11.8 Å². The van der Waals surface area contributed by atoms with Gasteiger partial charge in [-0.05, 0) is 32.2 Å². The minimum Gasteiger partial charge on any atom is -0.347 e. The van der Waals surface area contributed by atoms with E-state index in [0.717, 1.165) is 17.0 Å². The molecule has 2 heterocycles. The molecule has 140 valence electrons. The highest BCUT2D eigenvalue weighted by atomic mass is 32.2. The molecule has 1 aromatic carbocycles. The topological polar surface area (TPSA) is 101 Å². The molecule has 2 amide bonds. The highest BCUT2D eigenvalue weighted by Crippen LogP contribution is 2.17. The standard InChI is InChI=1S/C18H20N6O2S/c1-11-14(12(2)24-17(20-11)22-18(23-24)27-3)9-15(25)19-10-16(26)21-13-7-5-4-6-8-13/h4-8H,9-10H2,1-3H3,(H,19,25)(H,21,26). The van der Waals surface area contributed by atoms with E-state index in [-0.39, 0.29) is 24.8 Å². The third-order valence-corrected chi connectivity index (χ3v) is 4.59. The van der Waals surface area contributed by atoms with Crippen LogP contribution in [0.15, 0.2) is 35.5 Å². The van der Waals surface area contributed by atoms with Crippen LogP contribution in [0.1, 0.15) is 17.0 Å². The SMILES string of the molecule is CSc1nc2nc(C)c(CC(=O)NCC(=O)Nc3ccccc3)c(C)n2n1. The zero-order valence-electron chi connectivity index (χ0n) is 15.3. The molecule has 2 aromatic heterocycles. The summed E-state index contributed by atoms with van der Waals surface area (Å²) >= 11 is 1.43. The lowest BCUT2D eigenvalue weighted by Crippen LogP contribution is -2.34. The summed E-state index contributed by atoms with van der Waals surface area (Å²) in [6, 6.07) is 9.10. The van der Waals surface area contributed by atoms with E-state index in [1.807, 2.05) is 38.3 Å². The van der Waals surface area contributed by atoms with Crippen molar-refractivity contribution in [3.8, 4) is 0 Å². The van der Waals surface area contributed by atoms with Crippen LogP contribution in [0.3, 0.4) is 0 Å². The highest BCUT2D eigenvalue weighted by Gasteiger charge is 2.16. The van der Waals surface area contributed by atoms with Gasteiger partial charge in [0.05, 0.1) is 13.0 Å². The second-order valence-electron chi connectivity index (χ2n) is 5.94. The van der Waals surface area contributed by atoms with Gasteiger partial charge in [0.15, 0.2) is 0 Å². The zero-order chi connectivity index (χ0) is 19.4. The summed E-state index contributed by atoms with van der Waals surface area (Å²) in [4.78, 5) is 33.0. The van der Waals surface area contributed by atoms with E-state index < -0.39 is 0 Å². The zero-order valence-corrected chi connectivity index (χ0v) is 16.1. The summed E-state index contributed by atoms with van der Waals surface area (Å²) in [6.45, 7) is 3.62. The Morgan fingerprint density at radius 3 is 2.56 bits per heavy atom. The molecule has 0 atom stereocenters. The molecule has 0 unspecified atom stereocenters. The first-order valence-corrected chi connectivity index (χ1v) is 9.59. The number of para-hydroxylation sites is 1. The monoisotopic (exact) mass is 384 g/mol. The molecule has 9 heteroatoms. The lowest BCUT2D eigenvalue weighted by atomic mass is 10.1. The number of amides is 2. The number of aryl methyl sites for hydroxylation is 2. The van der Waals surface area contributed by atoms with Gasteiger partial charge in [0.2, 0.25) is 17.0 Å². The molecule has 0 aliphatic rings. The molecule has 0 aliphatic heterocycles. The number of nitrogens with one attached hydrogen (secondary N) is 2. The number of carbonyl (C=O) groups excluding carboxylic acids is 2. The molecule has 0 saturated heterocycles. The Hall–Kier alpha value is -2.94. The minimum atomic E-state index is -0.280. The van der Waals surface area contributed by atoms with E-state index >= 15 is 0 Å². The van der Waals surface area contributed by atoms with Crippen LogP contribution in [0.25, 0.3) is 5.78 Å². The number of rotatable bonds is 6. The number of benzene rings is 1. The molecule has 0 saturated carbocycles. The summed E-state index contributed by atoms with van der Waals surface area (Å²) < 4.78 is 1.64. The minimum absolute atomic E-state index is 0.0958. The molecule has 3 aromatic rings. The van der Waals surface area contributed by atoms with Crippen LogP contribution in [-0.4, -0.2) is 44.2 Å². The molecule has 2 N–H and O–H groups in total. The largest absolute Gasteiger partial charge is 0.347 e. The quantitative estimate of drug-likeness (QED) is 0.628. The van der Waals surface area contributed by atoms with Gasteiger partial charge in [-0.3, -0.25) is 9.59 Å². The predicted molar refractivity (Wildman–Crippen MR) is 104 cm³/mol. The second kappa shape index (κ2) is 8.17. The summed E-state index contributed by atoms with van der Waals surface area (Å²) in [7, 11) is 0. The summed E-state index contributed by atoms with van der Waals surface area (Å²) in [5.41, 5.74) is 3.01. The van der Waals surface area contributed by atoms with Gasteiger partial charge in [0.25, 0.3) is 5.78 Å². The van der Waals surface area contributed by atoms with Gasteiger partial charge in [-0.15, -0.1) is 5.10 Å². The van der Waals surface area contributed by atoms with Gasteiger partial charge in [0, 0.05) is 22.6 Å². The Labute approximate surface area is 160 Å². The maximum Gasteiger partial charge on any atom is 0.253 e. The molecule has 0 aliphatic carbocycles. The maximum absolute atomic E-state index is 12.3. The molecule has 0 fully saturated rings. The maximum atomic E-state index is 12.3. The average molecular weight is 384 g/mol. The molecule has 0 bridgehead atoms. The van der Waals surface area contributed by atoms with Crippen molar-refractivity contribution in [2.45, 2.75) is 25.4 Å². The molecular formula is C18H20N6O2S. The molecule has 0 spiro atoms. The number of fused-ring (bicyclic) bond motifs is 1. The van der Waals surface area contributed by atoms with Crippen LogP contribution in [0.5, 0.6) is 0 Å². The van der Waals surface area contributed by atoms with Crippen LogP contribution < -0.4 is 10.6 Å². The normalized spacial score (nSPS) is 10.8. The van der Waals surface area contributed by atoms with Gasteiger partial charge >= 0.3 is 0 Å². The fourth-order valence-corrected chi connectivity index (χ4v) is 3.00. The van der Waals surface area contributed by atoms with E-state index in [2.05, 4.69) is 25.7 Å². The summed E-state index contributed by atoms with van der Waals surface area (Å²) in [5, 5.41) is 10.4. The Balaban J connectivity index is 1.64. The van der Waals surface area contributed by atoms with Crippen LogP contribution in [0.2, 0.25) is 0 Å². The van der Waals surface area contributed by atoms with Gasteiger partial charge < -0.3 is 10.6 Å². The second-order valence-corrected chi connectivity index (χ2v) is 6.71. The van der Waals surface area contributed by atoms with Crippen LogP contribution in [0, 0.1) is 13.8 Å². The van der Waals surface area contributed by atoms with Gasteiger partial charge in [-0.25, -0.2) is 9.50 Å². The first kappa shape index (κ1) is 18.8. The van der Waals surface area contributed by atoms with Gasteiger partial charge in [-0.1, -0.05) is 30.0 Å². The van der Waals surface area contributed by atoms with Crippen molar-refractivity contribution in [2.75, 3.05) is 18.1 Å². The first-order chi connectivity index (χ1) is 13.0. The molecule has 27 heavy (non-hydrogen) atoms. The lowest BCUT2D eigenvalue weighted by molar-refractivity contribution is -0.123. The number of hydrogen-bond acceptors (Lipinski definition) is 6. The third kappa shape index (κ3) is 4.43. The molecule has 0 radical (unpaired) electrons. The lowest BCUT2D eigenvalue weighted by Gasteiger charge is -2.11. The summed E-state index contributed by atoms with van der Waals surface area (Å²) in [5.74, 6) is -0.0195. The fraction of sp³-hybridized carbons (Fsp3) is 0.278. The van der Waals surface area contributed by atoms with Crippen molar-refractivity contribution in [1.29, 1.82) is 0 Å². The summed E-state index contributed by atoms with van der Waals surface area (Å²) in [6.07, 6.45) is 2.01. The van der Waals surface area contributed by atoms with Crippen molar-refractivity contribution < 1.29 is 9.59 Å². The third-order valence-electron chi connectivity index (χ3n) is 4.05. The highest BCUT2D eigenvalue weighted by molar-refractivity contribution is 7.98. The first-order valence-electron chi connectivity index (χ1n) is 8.36. The van der Waals surface area contributed by atoms with E-state index in [1.54, 1.807) is 16.6 Å². The van der Waals surface area contributed by atoms with Gasteiger partial charge in [-0.2, -0.15) is 4.98 Å². The Morgan fingerprint density at radius 1 is 1.11 bits per heavy atom. The molecule has 8 nitrogen and oxygen atoms in total. The number of aromatic nitrogens is 4. The Kier molecular flexibility index (Phi) is 5.70. The van der Waals surface area contributed by atoms with Crippen LogP contribution in [0.4, 0.5) is 5.69 Å². The van der Waals surface area contributed by atoms with Crippen molar-refractivity contribution >= 4 is 35.0 Å². The van der Waals surface area contributed by atoms with E-state index in [9.17, 15) is 9.59 Å². The number of hydrogen-bond donors (Lipinski definition) is 2.